The standard InChI is InChI=1S/2C2H4O2S.Mg/c2*3-2(4)1-5;/h2*5H,1H2,(H,3,4);/q;;+2/p-2. The molecule has 7 heteroatoms. The summed E-state index contributed by atoms with van der Waals surface area (Å²) in [6, 6.07) is 0. The van der Waals surface area contributed by atoms with Gasteiger partial charge in [-0.15, -0.1) is 5.75 Å². The minimum absolute atomic E-state index is 0. The van der Waals surface area contributed by atoms with E-state index in [1.165, 1.54) is 0 Å². The van der Waals surface area contributed by atoms with E-state index in [0.717, 1.165) is 0 Å². The van der Waals surface area contributed by atoms with Crippen molar-refractivity contribution in [1.82, 2.24) is 0 Å². The van der Waals surface area contributed by atoms with Crippen molar-refractivity contribution in [2.24, 2.45) is 0 Å². The Kier molecular flexibility index (Phi) is 20.7. The van der Waals surface area contributed by atoms with Crippen molar-refractivity contribution in [2.75, 3.05) is 11.5 Å². The second-order valence-corrected chi connectivity index (χ2v) is 1.67. The van der Waals surface area contributed by atoms with Crippen molar-refractivity contribution in [2.45, 2.75) is 0 Å². The fourth-order valence-electron chi connectivity index (χ4n) is 0. The van der Waals surface area contributed by atoms with Crippen LogP contribution in [0.2, 0.25) is 0 Å². The molecule has 0 amide bonds. The summed E-state index contributed by atoms with van der Waals surface area (Å²) in [4.78, 5) is 18.4. The fraction of sp³-hybridized carbons (Fsp3) is 0.500. The maximum absolute atomic E-state index is 9.29. The first-order valence-corrected chi connectivity index (χ1v) is 3.36. The number of hydrogen-bond acceptors (Lipinski definition) is 5. The number of carbonyl (C=O) groups excluding carboxylic acids is 1. The molecule has 0 radical (unpaired) electrons. The Morgan fingerprint density at radius 3 is 1.73 bits per heavy atom. The Morgan fingerprint density at radius 2 is 1.73 bits per heavy atom. The van der Waals surface area contributed by atoms with Crippen LogP contribution in [-0.4, -0.2) is 51.6 Å². The number of carbonyl (C=O) groups is 2. The van der Waals surface area contributed by atoms with Gasteiger partial charge in [0.05, 0.1) is 5.75 Å². The van der Waals surface area contributed by atoms with Crippen LogP contribution in [0.5, 0.6) is 0 Å². The number of hydrogen-bond donors (Lipinski definition) is 2. The molecule has 11 heavy (non-hydrogen) atoms. The molecule has 0 aliphatic rings. The summed E-state index contributed by atoms with van der Waals surface area (Å²) in [5, 5.41) is 16.8. The molecule has 0 heterocycles. The summed E-state index contributed by atoms with van der Waals surface area (Å²) in [6.45, 7) is 0. The molecule has 0 unspecified atom stereocenters. The zero-order chi connectivity index (χ0) is 8.57. The summed E-state index contributed by atoms with van der Waals surface area (Å²) >= 11 is 7.43. The largest absolute Gasteiger partial charge is 2.00 e. The SMILES string of the molecule is O=C(O)CS.O=C([O-])C[S-].[Mg+2]. The monoisotopic (exact) mass is 206 g/mol. The van der Waals surface area contributed by atoms with Crippen LogP contribution in [-0.2, 0) is 22.2 Å². The predicted octanol–water partition coefficient (Wildman–Crippen LogP) is -2.10. The molecule has 0 aromatic carbocycles. The Bertz CT molecular complexity index is 105. The molecule has 0 aromatic heterocycles. The zero-order valence-corrected chi connectivity index (χ0v) is 8.77. The van der Waals surface area contributed by atoms with Crippen LogP contribution in [0.3, 0.4) is 0 Å². The third kappa shape index (κ3) is 37.9. The van der Waals surface area contributed by atoms with E-state index < -0.39 is 11.9 Å². The first-order chi connectivity index (χ1) is 4.54. The van der Waals surface area contributed by atoms with Gasteiger partial charge < -0.3 is 27.6 Å². The Labute approximate surface area is 91.3 Å². The van der Waals surface area contributed by atoms with E-state index in [1.54, 1.807) is 0 Å². The Hall–Kier alpha value is 0.406. The second-order valence-electron chi connectivity index (χ2n) is 1.07. The van der Waals surface area contributed by atoms with Crippen molar-refractivity contribution in [3.8, 4) is 0 Å². The van der Waals surface area contributed by atoms with E-state index in [9.17, 15) is 4.79 Å². The van der Waals surface area contributed by atoms with E-state index >= 15 is 0 Å². The van der Waals surface area contributed by atoms with Crippen LogP contribution in [0, 0.1) is 0 Å². The Morgan fingerprint density at radius 1 is 1.55 bits per heavy atom. The van der Waals surface area contributed by atoms with Crippen LogP contribution in [0.1, 0.15) is 0 Å². The van der Waals surface area contributed by atoms with Gasteiger partial charge in [-0.25, -0.2) is 0 Å². The minimum Gasteiger partial charge on any atom is -0.787 e. The van der Waals surface area contributed by atoms with Gasteiger partial charge in [-0.2, -0.15) is 12.6 Å². The summed E-state index contributed by atoms with van der Waals surface area (Å²) in [5.41, 5.74) is 0. The number of thiol groups is 1. The van der Waals surface area contributed by atoms with E-state index in [1.807, 2.05) is 0 Å². The van der Waals surface area contributed by atoms with Crippen molar-refractivity contribution in [1.29, 1.82) is 0 Å². The number of rotatable bonds is 2. The van der Waals surface area contributed by atoms with Crippen LogP contribution >= 0.6 is 12.6 Å². The van der Waals surface area contributed by atoms with Crippen molar-refractivity contribution in [3.63, 3.8) is 0 Å². The van der Waals surface area contributed by atoms with E-state index in [0.29, 0.717) is 0 Å². The number of carboxylic acid groups (broad SMARTS) is 2. The maximum atomic E-state index is 9.29. The second kappa shape index (κ2) is 13.0. The van der Waals surface area contributed by atoms with Gasteiger partial charge in [-0.05, 0) is 0 Å². The van der Waals surface area contributed by atoms with Crippen LogP contribution in [0.15, 0.2) is 0 Å². The smallest absolute Gasteiger partial charge is 0.787 e. The van der Waals surface area contributed by atoms with Crippen LogP contribution < -0.4 is 5.11 Å². The number of carboxylic acids is 2. The predicted molar refractivity (Wildman–Crippen MR) is 44.5 cm³/mol. The summed E-state index contributed by atoms with van der Waals surface area (Å²) in [7, 11) is 0. The molecule has 0 fully saturated rings. The van der Waals surface area contributed by atoms with Gasteiger partial charge in [0, 0.05) is 5.97 Å². The third-order valence-electron chi connectivity index (χ3n) is 0.253. The van der Waals surface area contributed by atoms with Crippen molar-refractivity contribution < 1.29 is 19.8 Å². The minimum atomic E-state index is -1.18. The molecule has 0 spiro atoms. The zero-order valence-electron chi connectivity index (χ0n) is 5.65. The van der Waals surface area contributed by atoms with Crippen LogP contribution in [0.4, 0.5) is 0 Å². The molecule has 0 rings (SSSR count). The molecule has 0 aliphatic heterocycles. The molecule has 0 aliphatic carbocycles. The van der Waals surface area contributed by atoms with Gasteiger partial charge in [0.15, 0.2) is 0 Å². The molecule has 4 nitrogen and oxygen atoms in total. The number of aliphatic carboxylic acids is 2. The normalized spacial score (nSPS) is 6.73. The maximum Gasteiger partial charge on any atom is 2.00 e. The van der Waals surface area contributed by atoms with Gasteiger partial charge >= 0.3 is 29.0 Å². The van der Waals surface area contributed by atoms with E-state index in [-0.39, 0.29) is 34.6 Å². The molecule has 0 bridgehead atoms. The molecule has 0 atom stereocenters. The fourth-order valence-corrected chi connectivity index (χ4v) is 0. The van der Waals surface area contributed by atoms with Gasteiger partial charge in [-0.3, -0.25) is 4.79 Å². The molecular weight excluding hydrogens is 200 g/mol. The topological polar surface area (TPSA) is 77.4 Å². The van der Waals surface area contributed by atoms with Crippen molar-refractivity contribution in [3.05, 3.63) is 0 Å². The van der Waals surface area contributed by atoms with E-state index in [2.05, 4.69) is 25.3 Å². The first kappa shape index (κ1) is 17.5. The first-order valence-electron chi connectivity index (χ1n) is 2.15. The average Bonchev–Trinajstić information content (AvgIpc) is 1.89. The van der Waals surface area contributed by atoms with Gasteiger partial charge in [-0.1, -0.05) is 0 Å². The molecular formula is C4H6MgO4S2. The quantitative estimate of drug-likeness (QED) is 0.308. The molecule has 60 valence electrons. The third-order valence-corrected chi connectivity index (χ3v) is 0.759. The summed E-state index contributed by atoms with van der Waals surface area (Å²) < 4.78 is 0. The molecule has 0 aromatic rings. The van der Waals surface area contributed by atoms with Crippen LogP contribution in [0.25, 0.3) is 0 Å². The molecule has 0 saturated carbocycles. The van der Waals surface area contributed by atoms with Crippen molar-refractivity contribution >= 4 is 60.2 Å². The molecule has 0 saturated heterocycles. The van der Waals surface area contributed by atoms with Gasteiger partial charge in [0.1, 0.15) is 0 Å². The summed E-state index contributed by atoms with van der Waals surface area (Å²) in [5.74, 6) is -2.45. The van der Waals surface area contributed by atoms with E-state index in [4.69, 9.17) is 15.0 Å². The average molecular weight is 207 g/mol. The Balaban J connectivity index is -0.000000107. The van der Waals surface area contributed by atoms with Gasteiger partial charge in [0.2, 0.25) is 0 Å². The molecule has 1 N–H and O–H groups in total. The van der Waals surface area contributed by atoms with Gasteiger partial charge in [0.25, 0.3) is 0 Å². The summed E-state index contributed by atoms with van der Waals surface area (Å²) in [6.07, 6.45) is 0.